The van der Waals surface area contributed by atoms with Crippen molar-refractivity contribution >= 4 is 23.2 Å². The van der Waals surface area contributed by atoms with E-state index in [1.165, 1.54) is 19.3 Å². The first-order chi connectivity index (χ1) is 8.20. The van der Waals surface area contributed by atoms with E-state index in [2.05, 4.69) is 9.88 Å². The zero-order chi connectivity index (χ0) is 12.3. The molecule has 0 amide bonds. The first-order valence-corrected chi connectivity index (χ1v) is 6.62. The van der Waals surface area contributed by atoms with Gasteiger partial charge in [-0.1, -0.05) is 35.7 Å². The second-order valence-electron chi connectivity index (χ2n) is 4.36. The fraction of sp³-hybridized carbons (Fsp3) is 0.583. The van der Waals surface area contributed by atoms with Crippen LogP contribution in [0.3, 0.4) is 0 Å². The molecule has 1 aliphatic rings. The van der Waals surface area contributed by atoms with Crippen LogP contribution in [-0.2, 0) is 6.54 Å². The van der Waals surface area contributed by atoms with Gasteiger partial charge >= 0.3 is 0 Å². The number of pyridine rings is 1. The van der Waals surface area contributed by atoms with E-state index in [0.29, 0.717) is 22.9 Å². The second kappa shape index (κ2) is 6.01. The molecule has 0 atom stereocenters. The Labute approximate surface area is 111 Å². The monoisotopic (exact) mass is 274 g/mol. The third-order valence-corrected chi connectivity index (χ3v) is 3.78. The molecule has 0 aromatic carbocycles. The highest BCUT2D eigenvalue weighted by molar-refractivity contribution is 6.32. The summed E-state index contributed by atoms with van der Waals surface area (Å²) in [7, 11) is 0. The van der Waals surface area contributed by atoms with Crippen molar-refractivity contribution in [3.8, 4) is 0 Å². The summed E-state index contributed by atoms with van der Waals surface area (Å²) in [4.78, 5) is 6.30. The number of aromatic nitrogens is 1. The zero-order valence-corrected chi connectivity index (χ0v) is 11.1. The normalized spacial score (nSPS) is 16.2. The molecule has 0 bridgehead atoms. The molecule has 1 fully saturated rings. The molecule has 0 spiro atoms. The summed E-state index contributed by atoms with van der Waals surface area (Å²) >= 11 is 11.8. The molecule has 1 aliphatic carbocycles. The molecule has 5 heteroatoms. The van der Waals surface area contributed by atoms with Crippen molar-refractivity contribution in [3.63, 3.8) is 0 Å². The van der Waals surface area contributed by atoms with Crippen LogP contribution in [0.25, 0.3) is 0 Å². The third-order valence-electron chi connectivity index (χ3n) is 3.24. The quantitative estimate of drug-likeness (QED) is 0.839. The number of aliphatic hydroxyl groups excluding tert-OH is 1. The first-order valence-electron chi connectivity index (χ1n) is 5.86. The van der Waals surface area contributed by atoms with Crippen molar-refractivity contribution in [3.05, 3.63) is 28.0 Å². The summed E-state index contributed by atoms with van der Waals surface area (Å²) in [5.74, 6) is 0. The van der Waals surface area contributed by atoms with Gasteiger partial charge < -0.3 is 5.11 Å². The Hall–Kier alpha value is -0.350. The maximum Gasteiger partial charge on any atom is 0.135 e. The third kappa shape index (κ3) is 3.32. The Morgan fingerprint density at radius 3 is 2.65 bits per heavy atom. The van der Waals surface area contributed by atoms with E-state index in [-0.39, 0.29) is 6.61 Å². The lowest BCUT2D eigenvalue weighted by Gasteiger charge is -2.37. The van der Waals surface area contributed by atoms with Gasteiger partial charge in [-0.25, -0.2) is 4.98 Å². The Morgan fingerprint density at radius 2 is 2.12 bits per heavy atom. The molecule has 1 aromatic rings. The summed E-state index contributed by atoms with van der Waals surface area (Å²) in [5, 5.41) is 9.96. The van der Waals surface area contributed by atoms with Gasteiger partial charge in [-0.15, -0.1) is 0 Å². The van der Waals surface area contributed by atoms with Gasteiger partial charge in [0, 0.05) is 24.7 Å². The van der Waals surface area contributed by atoms with Crippen LogP contribution in [0.5, 0.6) is 0 Å². The number of halogens is 2. The average molecular weight is 275 g/mol. The summed E-state index contributed by atoms with van der Waals surface area (Å²) in [6.45, 7) is 1.59. The highest BCUT2D eigenvalue weighted by Gasteiger charge is 2.25. The highest BCUT2D eigenvalue weighted by atomic mass is 35.5. The molecule has 1 N–H and O–H groups in total. The maximum absolute atomic E-state index is 9.09. The van der Waals surface area contributed by atoms with Crippen LogP contribution in [-0.4, -0.2) is 34.2 Å². The molecule has 17 heavy (non-hydrogen) atoms. The van der Waals surface area contributed by atoms with E-state index >= 15 is 0 Å². The minimum Gasteiger partial charge on any atom is -0.395 e. The predicted molar refractivity (Wildman–Crippen MR) is 69.4 cm³/mol. The molecule has 0 radical (unpaired) electrons. The predicted octanol–water partition coefficient (Wildman–Crippen LogP) is 2.74. The van der Waals surface area contributed by atoms with Gasteiger partial charge in [0.05, 0.1) is 6.61 Å². The molecular formula is C12H16Cl2N2O. The Balaban J connectivity index is 2.05. The van der Waals surface area contributed by atoms with Crippen molar-refractivity contribution in [2.75, 3.05) is 13.2 Å². The molecule has 0 aliphatic heterocycles. The van der Waals surface area contributed by atoms with Gasteiger partial charge in [0.25, 0.3) is 0 Å². The van der Waals surface area contributed by atoms with E-state index in [1.54, 1.807) is 6.07 Å². The molecule has 1 heterocycles. The van der Waals surface area contributed by atoms with Crippen molar-refractivity contribution in [2.45, 2.75) is 31.8 Å². The van der Waals surface area contributed by atoms with Crippen LogP contribution < -0.4 is 0 Å². The lowest BCUT2D eigenvalue weighted by atomic mass is 9.91. The average Bonchev–Trinajstić information content (AvgIpc) is 2.20. The molecule has 2 rings (SSSR count). The SMILES string of the molecule is OCCN(Cc1ccc(Cl)nc1Cl)C1CCC1. The van der Waals surface area contributed by atoms with Gasteiger partial charge in [-0.05, 0) is 18.9 Å². The summed E-state index contributed by atoms with van der Waals surface area (Å²) in [6.07, 6.45) is 3.69. The van der Waals surface area contributed by atoms with Crippen LogP contribution >= 0.6 is 23.2 Å². The van der Waals surface area contributed by atoms with Crippen molar-refractivity contribution in [2.24, 2.45) is 0 Å². The lowest BCUT2D eigenvalue weighted by Crippen LogP contribution is -2.41. The van der Waals surface area contributed by atoms with E-state index in [9.17, 15) is 0 Å². The summed E-state index contributed by atoms with van der Waals surface area (Å²) in [6, 6.07) is 4.23. The number of aliphatic hydroxyl groups is 1. The smallest absolute Gasteiger partial charge is 0.135 e. The summed E-state index contributed by atoms with van der Waals surface area (Å²) < 4.78 is 0. The van der Waals surface area contributed by atoms with Gasteiger partial charge in [-0.2, -0.15) is 0 Å². The molecule has 3 nitrogen and oxygen atoms in total. The minimum atomic E-state index is 0.176. The number of rotatable bonds is 5. The highest BCUT2D eigenvalue weighted by Crippen LogP contribution is 2.27. The van der Waals surface area contributed by atoms with Crippen LogP contribution in [0, 0.1) is 0 Å². The fourth-order valence-electron chi connectivity index (χ4n) is 2.05. The van der Waals surface area contributed by atoms with E-state index in [1.807, 2.05) is 6.07 Å². The standard InChI is InChI=1S/C12H16Cl2N2O/c13-11-5-4-9(12(14)15-11)8-16(6-7-17)10-2-1-3-10/h4-5,10,17H,1-3,6-8H2. The Morgan fingerprint density at radius 1 is 1.35 bits per heavy atom. The lowest BCUT2D eigenvalue weighted by molar-refractivity contribution is 0.0945. The molecule has 0 saturated heterocycles. The van der Waals surface area contributed by atoms with E-state index < -0.39 is 0 Å². The first kappa shape index (κ1) is 13.1. The van der Waals surface area contributed by atoms with Crippen LogP contribution in [0.2, 0.25) is 10.3 Å². The van der Waals surface area contributed by atoms with Gasteiger partial charge in [0.2, 0.25) is 0 Å². The van der Waals surface area contributed by atoms with Gasteiger partial charge in [0.1, 0.15) is 10.3 Å². The van der Waals surface area contributed by atoms with Crippen molar-refractivity contribution < 1.29 is 5.11 Å². The minimum absolute atomic E-state index is 0.176. The second-order valence-corrected chi connectivity index (χ2v) is 5.11. The number of hydrogen-bond donors (Lipinski definition) is 1. The maximum atomic E-state index is 9.09. The molecule has 0 unspecified atom stereocenters. The zero-order valence-electron chi connectivity index (χ0n) is 9.57. The topological polar surface area (TPSA) is 36.4 Å². The van der Waals surface area contributed by atoms with Crippen LogP contribution in [0.4, 0.5) is 0 Å². The van der Waals surface area contributed by atoms with Crippen molar-refractivity contribution in [1.29, 1.82) is 0 Å². The number of hydrogen-bond acceptors (Lipinski definition) is 3. The molecule has 94 valence electrons. The number of nitrogens with zero attached hydrogens (tertiary/aromatic N) is 2. The fourth-order valence-corrected chi connectivity index (χ4v) is 2.45. The van der Waals surface area contributed by atoms with E-state index in [4.69, 9.17) is 28.3 Å². The Kier molecular flexibility index (Phi) is 4.62. The summed E-state index contributed by atoms with van der Waals surface area (Å²) in [5.41, 5.74) is 0.969. The van der Waals surface area contributed by atoms with Gasteiger partial charge in [-0.3, -0.25) is 4.90 Å². The van der Waals surface area contributed by atoms with E-state index in [0.717, 1.165) is 12.1 Å². The Bertz CT molecular complexity index is 383. The van der Waals surface area contributed by atoms with Crippen LogP contribution in [0.15, 0.2) is 12.1 Å². The molecule has 1 aromatic heterocycles. The van der Waals surface area contributed by atoms with Gasteiger partial charge in [0.15, 0.2) is 0 Å². The largest absolute Gasteiger partial charge is 0.395 e. The molecule has 1 saturated carbocycles. The van der Waals surface area contributed by atoms with Crippen LogP contribution in [0.1, 0.15) is 24.8 Å². The van der Waals surface area contributed by atoms with Crippen molar-refractivity contribution in [1.82, 2.24) is 9.88 Å². The molecular weight excluding hydrogens is 259 g/mol.